The first-order valence-electron chi connectivity index (χ1n) is 2.39. The van der Waals surface area contributed by atoms with Crippen LogP contribution in [0.25, 0.3) is 0 Å². The maximum atomic E-state index is 10.4. The SMILES string of the molecule is CN1CCC=C1[O]. The highest BCUT2D eigenvalue weighted by molar-refractivity contribution is 4.95. The number of hydrogen-bond donors (Lipinski definition) is 0. The molecule has 39 valence electrons. The minimum atomic E-state index is 0.167. The first-order valence-corrected chi connectivity index (χ1v) is 2.39. The highest BCUT2D eigenvalue weighted by atomic mass is 16.3. The molecule has 0 amide bonds. The summed E-state index contributed by atoms with van der Waals surface area (Å²) < 4.78 is 0. The van der Waals surface area contributed by atoms with E-state index in [9.17, 15) is 5.11 Å². The van der Waals surface area contributed by atoms with Crippen LogP contribution in [-0.2, 0) is 5.11 Å². The Kier molecular flexibility index (Phi) is 0.929. The van der Waals surface area contributed by atoms with E-state index in [0.29, 0.717) is 0 Å². The van der Waals surface area contributed by atoms with Crippen LogP contribution in [0, 0.1) is 0 Å². The molecule has 1 radical (unpaired) electrons. The van der Waals surface area contributed by atoms with Crippen molar-refractivity contribution in [3.05, 3.63) is 12.0 Å². The lowest BCUT2D eigenvalue weighted by molar-refractivity contribution is 0.186. The van der Waals surface area contributed by atoms with E-state index in [1.54, 1.807) is 11.0 Å². The van der Waals surface area contributed by atoms with E-state index >= 15 is 0 Å². The molecule has 0 bridgehead atoms. The van der Waals surface area contributed by atoms with Crippen molar-refractivity contribution in [1.82, 2.24) is 4.90 Å². The summed E-state index contributed by atoms with van der Waals surface area (Å²) in [5.41, 5.74) is 0. The van der Waals surface area contributed by atoms with Crippen molar-refractivity contribution in [2.45, 2.75) is 6.42 Å². The zero-order valence-corrected chi connectivity index (χ0v) is 4.35. The number of nitrogens with zero attached hydrogens (tertiary/aromatic N) is 1. The lowest BCUT2D eigenvalue weighted by Crippen LogP contribution is -2.10. The van der Waals surface area contributed by atoms with Crippen molar-refractivity contribution < 1.29 is 5.11 Å². The van der Waals surface area contributed by atoms with Gasteiger partial charge in [0.15, 0.2) is 0 Å². The van der Waals surface area contributed by atoms with Gasteiger partial charge in [0.2, 0.25) is 5.88 Å². The van der Waals surface area contributed by atoms with Gasteiger partial charge in [0.1, 0.15) is 0 Å². The molecule has 7 heavy (non-hydrogen) atoms. The van der Waals surface area contributed by atoms with Crippen LogP contribution >= 0.6 is 0 Å². The summed E-state index contributed by atoms with van der Waals surface area (Å²) in [6.07, 6.45) is 2.63. The molecule has 0 N–H and O–H groups in total. The molecule has 2 heteroatoms. The second-order valence-electron chi connectivity index (χ2n) is 1.75. The fourth-order valence-corrected chi connectivity index (χ4v) is 0.648. The minimum absolute atomic E-state index is 0.167. The molecule has 0 spiro atoms. The van der Waals surface area contributed by atoms with E-state index in [1.807, 2.05) is 7.05 Å². The molecule has 0 unspecified atom stereocenters. The van der Waals surface area contributed by atoms with Crippen LogP contribution in [0.15, 0.2) is 12.0 Å². The maximum Gasteiger partial charge on any atom is 0.242 e. The average molecular weight is 98.1 g/mol. The molecule has 0 atom stereocenters. The van der Waals surface area contributed by atoms with E-state index in [4.69, 9.17) is 0 Å². The number of rotatable bonds is 0. The Morgan fingerprint density at radius 3 is 2.71 bits per heavy atom. The van der Waals surface area contributed by atoms with Gasteiger partial charge in [-0.05, 0) is 12.5 Å². The Bertz CT molecular complexity index is 98.3. The Hall–Kier alpha value is -0.660. The van der Waals surface area contributed by atoms with Gasteiger partial charge < -0.3 is 4.90 Å². The summed E-state index contributed by atoms with van der Waals surface area (Å²) in [6.45, 7) is 0.902. The Morgan fingerprint density at radius 2 is 2.57 bits per heavy atom. The lowest BCUT2D eigenvalue weighted by atomic mass is 10.5. The molecule has 1 aliphatic heterocycles. The predicted molar refractivity (Wildman–Crippen MR) is 26.0 cm³/mol. The quantitative estimate of drug-likeness (QED) is 0.435. The molecule has 0 aromatic carbocycles. The Balaban J connectivity index is 2.54. The largest absolute Gasteiger partial charge is 0.342 e. The maximum absolute atomic E-state index is 10.4. The molecule has 0 aromatic rings. The van der Waals surface area contributed by atoms with Crippen molar-refractivity contribution in [2.24, 2.45) is 0 Å². The smallest absolute Gasteiger partial charge is 0.242 e. The van der Waals surface area contributed by atoms with Crippen LogP contribution in [0.1, 0.15) is 6.42 Å². The van der Waals surface area contributed by atoms with Crippen molar-refractivity contribution >= 4 is 0 Å². The molecule has 0 aliphatic carbocycles. The summed E-state index contributed by atoms with van der Waals surface area (Å²) in [4.78, 5) is 1.71. The van der Waals surface area contributed by atoms with Gasteiger partial charge in [0, 0.05) is 13.6 Å². The molecular formula is C5H8NO. The molecular weight excluding hydrogens is 90.1 g/mol. The first kappa shape index (κ1) is 4.50. The molecule has 1 aliphatic rings. The van der Waals surface area contributed by atoms with Crippen molar-refractivity contribution in [3.63, 3.8) is 0 Å². The highest BCUT2D eigenvalue weighted by Gasteiger charge is 2.08. The highest BCUT2D eigenvalue weighted by Crippen LogP contribution is 2.07. The van der Waals surface area contributed by atoms with Gasteiger partial charge >= 0.3 is 0 Å². The fourth-order valence-electron chi connectivity index (χ4n) is 0.648. The monoisotopic (exact) mass is 98.1 g/mol. The van der Waals surface area contributed by atoms with Crippen LogP contribution in [0.4, 0.5) is 0 Å². The van der Waals surface area contributed by atoms with Gasteiger partial charge in [-0.2, -0.15) is 0 Å². The first-order chi connectivity index (χ1) is 3.30. The molecule has 0 saturated carbocycles. The van der Waals surface area contributed by atoms with Crippen molar-refractivity contribution in [3.8, 4) is 0 Å². The van der Waals surface area contributed by atoms with Gasteiger partial charge in [-0.3, -0.25) is 5.11 Å². The van der Waals surface area contributed by atoms with Gasteiger partial charge in [0.05, 0.1) is 0 Å². The van der Waals surface area contributed by atoms with Crippen LogP contribution in [0.2, 0.25) is 0 Å². The normalized spacial score (nSPS) is 20.1. The van der Waals surface area contributed by atoms with Gasteiger partial charge in [-0.25, -0.2) is 0 Å². The second-order valence-corrected chi connectivity index (χ2v) is 1.75. The van der Waals surface area contributed by atoms with Crippen LogP contribution in [0.5, 0.6) is 0 Å². The van der Waals surface area contributed by atoms with Crippen molar-refractivity contribution in [1.29, 1.82) is 0 Å². The van der Waals surface area contributed by atoms with Crippen LogP contribution < -0.4 is 0 Å². The zero-order chi connectivity index (χ0) is 5.28. The van der Waals surface area contributed by atoms with E-state index in [2.05, 4.69) is 0 Å². The number of hydrogen-bond acceptors (Lipinski definition) is 1. The molecule has 0 aromatic heterocycles. The predicted octanol–water partition coefficient (Wildman–Crippen LogP) is 0.594. The van der Waals surface area contributed by atoms with E-state index in [-0.39, 0.29) is 5.88 Å². The third kappa shape index (κ3) is 0.683. The van der Waals surface area contributed by atoms with E-state index in [0.717, 1.165) is 13.0 Å². The lowest BCUT2D eigenvalue weighted by Gasteiger charge is -2.05. The standard InChI is InChI=1S/C5H8NO/c1-6-4-2-3-5(6)7/h3H,2,4H2,1H3. The summed E-state index contributed by atoms with van der Waals surface area (Å²) in [7, 11) is 1.81. The van der Waals surface area contributed by atoms with Crippen LogP contribution in [-0.4, -0.2) is 18.5 Å². The molecule has 0 saturated heterocycles. The van der Waals surface area contributed by atoms with Crippen LogP contribution in [0.3, 0.4) is 0 Å². The Labute approximate surface area is 43.1 Å². The average Bonchev–Trinajstić information content (AvgIpc) is 1.91. The third-order valence-electron chi connectivity index (χ3n) is 1.16. The summed E-state index contributed by atoms with van der Waals surface area (Å²) in [5, 5.41) is 10.4. The summed E-state index contributed by atoms with van der Waals surface area (Å²) >= 11 is 0. The van der Waals surface area contributed by atoms with Gasteiger partial charge in [-0.15, -0.1) is 0 Å². The van der Waals surface area contributed by atoms with Crippen molar-refractivity contribution in [2.75, 3.05) is 13.6 Å². The Morgan fingerprint density at radius 1 is 1.86 bits per heavy atom. The molecule has 0 fully saturated rings. The molecule has 1 heterocycles. The third-order valence-corrected chi connectivity index (χ3v) is 1.16. The van der Waals surface area contributed by atoms with E-state index < -0.39 is 0 Å². The minimum Gasteiger partial charge on any atom is -0.342 e. The zero-order valence-electron chi connectivity index (χ0n) is 4.35. The topological polar surface area (TPSA) is 23.1 Å². The van der Waals surface area contributed by atoms with Gasteiger partial charge in [-0.1, -0.05) is 0 Å². The van der Waals surface area contributed by atoms with E-state index in [1.165, 1.54) is 0 Å². The fraction of sp³-hybridized carbons (Fsp3) is 0.600. The second kappa shape index (κ2) is 1.45. The molecule has 1 rings (SSSR count). The summed E-state index contributed by atoms with van der Waals surface area (Å²) in [5.74, 6) is 0.167. The molecule has 2 nitrogen and oxygen atoms in total. The van der Waals surface area contributed by atoms with Gasteiger partial charge in [0.25, 0.3) is 0 Å². The summed E-state index contributed by atoms with van der Waals surface area (Å²) in [6, 6.07) is 0.